The Balaban J connectivity index is 2.87. The van der Waals surface area contributed by atoms with Crippen molar-refractivity contribution in [1.82, 2.24) is 10.3 Å². The molecule has 1 aromatic rings. The number of carbonyl (C=O) groups is 1. The maximum absolute atomic E-state index is 12.1. The highest BCUT2D eigenvalue weighted by Crippen LogP contribution is 2.32. The SMILES string of the molecule is CCNC(C)CC(=O)Nc1c(N(C)C)ccnc1OC. The third-order valence-corrected chi connectivity index (χ3v) is 2.88. The largest absolute Gasteiger partial charge is 0.479 e. The van der Waals surface area contributed by atoms with Gasteiger partial charge in [-0.05, 0) is 19.5 Å². The second kappa shape index (κ2) is 7.69. The quantitative estimate of drug-likeness (QED) is 0.792. The first-order valence-corrected chi connectivity index (χ1v) is 6.73. The number of hydrogen-bond donors (Lipinski definition) is 2. The Morgan fingerprint density at radius 1 is 1.50 bits per heavy atom. The maximum Gasteiger partial charge on any atom is 0.239 e. The number of anilines is 2. The van der Waals surface area contributed by atoms with Crippen LogP contribution in [0.15, 0.2) is 12.3 Å². The number of methoxy groups -OCH3 is 1. The Hall–Kier alpha value is -1.82. The zero-order chi connectivity index (χ0) is 15.1. The van der Waals surface area contributed by atoms with Crippen LogP contribution in [0, 0.1) is 0 Å². The Labute approximate surface area is 120 Å². The molecule has 2 N–H and O–H groups in total. The Morgan fingerprint density at radius 2 is 2.20 bits per heavy atom. The van der Waals surface area contributed by atoms with Gasteiger partial charge in [0.1, 0.15) is 5.69 Å². The zero-order valence-electron chi connectivity index (χ0n) is 12.9. The van der Waals surface area contributed by atoms with Gasteiger partial charge in [0.2, 0.25) is 11.8 Å². The van der Waals surface area contributed by atoms with E-state index in [-0.39, 0.29) is 11.9 Å². The highest BCUT2D eigenvalue weighted by Gasteiger charge is 2.16. The molecule has 1 atom stereocenters. The Bertz CT molecular complexity index is 449. The molecule has 1 heterocycles. The minimum absolute atomic E-state index is 0.0622. The zero-order valence-corrected chi connectivity index (χ0v) is 12.9. The number of nitrogens with zero attached hydrogens (tertiary/aromatic N) is 2. The van der Waals surface area contributed by atoms with Gasteiger partial charge in [0, 0.05) is 32.8 Å². The lowest BCUT2D eigenvalue weighted by molar-refractivity contribution is -0.116. The molecule has 0 saturated heterocycles. The predicted octanol–water partition coefficient (Wildman–Crippen LogP) is 1.48. The average molecular weight is 280 g/mol. The summed E-state index contributed by atoms with van der Waals surface area (Å²) in [6.45, 7) is 4.84. The van der Waals surface area contributed by atoms with Crippen molar-refractivity contribution >= 4 is 17.3 Å². The lowest BCUT2D eigenvalue weighted by Gasteiger charge is -2.20. The van der Waals surface area contributed by atoms with Crippen LogP contribution in [0.4, 0.5) is 11.4 Å². The molecule has 6 nitrogen and oxygen atoms in total. The van der Waals surface area contributed by atoms with E-state index < -0.39 is 0 Å². The summed E-state index contributed by atoms with van der Waals surface area (Å²) in [5, 5.41) is 6.10. The summed E-state index contributed by atoms with van der Waals surface area (Å²) < 4.78 is 5.22. The standard InChI is InChI=1S/C14H24N4O2/c1-6-15-10(2)9-12(19)17-13-11(18(3)4)7-8-16-14(13)20-5/h7-8,10,15H,6,9H2,1-5H3,(H,17,19). The van der Waals surface area contributed by atoms with Crippen LogP contribution in [0.3, 0.4) is 0 Å². The van der Waals surface area contributed by atoms with Crippen LogP contribution in [0.5, 0.6) is 5.88 Å². The average Bonchev–Trinajstić information content (AvgIpc) is 2.38. The van der Waals surface area contributed by atoms with Crippen LogP contribution in [-0.4, -0.2) is 44.7 Å². The number of rotatable bonds is 7. The van der Waals surface area contributed by atoms with E-state index in [2.05, 4.69) is 15.6 Å². The minimum Gasteiger partial charge on any atom is -0.479 e. The molecule has 20 heavy (non-hydrogen) atoms. The fourth-order valence-corrected chi connectivity index (χ4v) is 1.97. The van der Waals surface area contributed by atoms with E-state index in [1.165, 1.54) is 0 Å². The van der Waals surface area contributed by atoms with Gasteiger partial charge in [0.15, 0.2) is 0 Å². The third kappa shape index (κ3) is 4.38. The van der Waals surface area contributed by atoms with E-state index in [1.807, 2.05) is 38.9 Å². The number of ether oxygens (including phenoxy) is 1. The lowest BCUT2D eigenvalue weighted by atomic mass is 10.2. The number of nitrogens with one attached hydrogen (secondary N) is 2. The first-order valence-electron chi connectivity index (χ1n) is 6.73. The van der Waals surface area contributed by atoms with Crippen LogP contribution in [0.25, 0.3) is 0 Å². The van der Waals surface area contributed by atoms with E-state index in [9.17, 15) is 4.79 Å². The molecular weight excluding hydrogens is 256 g/mol. The second-order valence-corrected chi connectivity index (χ2v) is 4.82. The first kappa shape index (κ1) is 16.2. The molecule has 0 aliphatic rings. The molecule has 1 amide bonds. The highest BCUT2D eigenvalue weighted by atomic mass is 16.5. The molecule has 0 saturated carbocycles. The van der Waals surface area contributed by atoms with Crippen molar-refractivity contribution in [2.45, 2.75) is 26.3 Å². The summed E-state index contributed by atoms with van der Waals surface area (Å²) in [6.07, 6.45) is 2.06. The number of pyridine rings is 1. The molecule has 1 aromatic heterocycles. The number of aromatic nitrogens is 1. The number of amides is 1. The molecule has 6 heteroatoms. The van der Waals surface area contributed by atoms with Gasteiger partial charge >= 0.3 is 0 Å². The van der Waals surface area contributed by atoms with Crippen LogP contribution in [0.1, 0.15) is 20.3 Å². The monoisotopic (exact) mass is 280 g/mol. The third-order valence-electron chi connectivity index (χ3n) is 2.88. The van der Waals surface area contributed by atoms with E-state index >= 15 is 0 Å². The summed E-state index contributed by atoms with van der Waals surface area (Å²) in [5.41, 5.74) is 1.47. The van der Waals surface area contributed by atoms with Crippen LogP contribution in [0.2, 0.25) is 0 Å². The van der Waals surface area contributed by atoms with E-state index in [0.29, 0.717) is 18.0 Å². The molecule has 0 spiro atoms. The maximum atomic E-state index is 12.1. The van der Waals surface area contributed by atoms with Crippen LogP contribution >= 0.6 is 0 Å². The predicted molar refractivity (Wildman–Crippen MR) is 81.5 cm³/mol. The lowest BCUT2D eigenvalue weighted by Crippen LogP contribution is -2.30. The van der Waals surface area contributed by atoms with E-state index in [1.54, 1.807) is 13.3 Å². The molecule has 0 aromatic carbocycles. The van der Waals surface area contributed by atoms with E-state index in [0.717, 1.165) is 12.2 Å². The Morgan fingerprint density at radius 3 is 2.75 bits per heavy atom. The second-order valence-electron chi connectivity index (χ2n) is 4.82. The molecule has 0 bridgehead atoms. The fraction of sp³-hybridized carbons (Fsp3) is 0.571. The van der Waals surface area contributed by atoms with Gasteiger partial charge in [-0.2, -0.15) is 0 Å². The number of hydrogen-bond acceptors (Lipinski definition) is 5. The topological polar surface area (TPSA) is 66.5 Å². The van der Waals surface area contributed by atoms with Crippen molar-refractivity contribution in [2.24, 2.45) is 0 Å². The van der Waals surface area contributed by atoms with E-state index in [4.69, 9.17) is 4.74 Å². The number of carbonyl (C=O) groups excluding carboxylic acids is 1. The van der Waals surface area contributed by atoms with Gasteiger partial charge in [-0.25, -0.2) is 4.98 Å². The summed E-state index contributed by atoms with van der Waals surface area (Å²) in [7, 11) is 5.36. The van der Waals surface area contributed by atoms with Gasteiger partial charge in [-0.3, -0.25) is 4.79 Å². The van der Waals surface area contributed by atoms with Crippen LogP contribution < -0.4 is 20.3 Å². The smallest absolute Gasteiger partial charge is 0.239 e. The van der Waals surface area contributed by atoms with Crippen molar-refractivity contribution in [1.29, 1.82) is 0 Å². The minimum atomic E-state index is -0.0622. The molecule has 0 aliphatic carbocycles. The van der Waals surface area contributed by atoms with Crippen LogP contribution in [-0.2, 0) is 4.79 Å². The molecule has 0 aliphatic heterocycles. The van der Waals surface area contributed by atoms with Gasteiger partial charge < -0.3 is 20.3 Å². The fourth-order valence-electron chi connectivity index (χ4n) is 1.97. The van der Waals surface area contributed by atoms with Gasteiger partial charge in [-0.1, -0.05) is 6.92 Å². The molecule has 112 valence electrons. The molecule has 0 fully saturated rings. The van der Waals surface area contributed by atoms with Crippen molar-refractivity contribution in [3.8, 4) is 5.88 Å². The van der Waals surface area contributed by atoms with Gasteiger partial charge in [0.05, 0.1) is 12.8 Å². The molecule has 1 rings (SSSR count). The normalized spacial score (nSPS) is 11.8. The Kier molecular flexibility index (Phi) is 6.24. The molecular formula is C14H24N4O2. The first-order chi connectivity index (χ1) is 9.49. The molecule has 0 radical (unpaired) electrons. The van der Waals surface area contributed by atoms with Crippen molar-refractivity contribution in [2.75, 3.05) is 38.0 Å². The summed E-state index contributed by atoms with van der Waals surface area (Å²) >= 11 is 0. The summed E-state index contributed by atoms with van der Waals surface area (Å²) in [5.74, 6) is 0.355. The van der Waals surface area contributed by atoms with Gasteiger partial charge in [0.25, 0.3) is 0 Å². The highest BCUT2D eigenvalue weighted by molar-refractivity contribution is 5.96. The summed E-state index contributed by atoms with van der Waals surface area (Å²) in [4.78, 5) is 18.1. The molecule has 1 unspecified atom stereocenters. The van der Waals surface area contributed by atoms with Crippen molar-refractivity contribution in [3.63, 3.8) is 0 Å². The van der Waals surface area contributed by atoms with Gasteiger partial charge in [-0.15, -0.1) is 0 Å². The van der Waals surface area contributed by atoms with Crippen molar-refractivity contribution in [3.05, 3.63) is 12.3 Å². The van der Waals surface area contributed by atoms with Crippen molar-refractivity contribution < 1.29 is 9.53 Å². The summed E-state index contributed by atoms with van der Waals surface area (Å²) in [6, 6.07) is 1.97.